The SMILES string of the molecule is CC(C)CC(=O)Nc1ccc(NC(=O)NC2CCCCC2)cc1. The fourth-order valence-electron chi connectivity index (χ4n) is 2.82. The highest BCUT2D eigenvalue weighted by Gasteiger charge is 2.15. The summed E-state index contributed by atoms with van der Waals surface area (Å²) in [6.07, 6.45) is 6.28. The van der Waals surface area contributed by atoms with Crippen LogP contribution in [0.15, 0.2) is 24.3 Å². The first-order valence-corrected chi connectivity index (χ1v) is 8.50. The first kappa shape index (κ1) is 17.3. The van der Waals surface area contributed by atoms with E-state index in [0.29, 0.717) is 18.4 Å². The molecule has 23 heavy (non-hydrogen) atoms. The molecule has 0 bridgehead atoms. The van der Waals surface area contributed by atoms with Crippen LogP contribution in [-0.2, 0) is 4.79 Å². The average molecular weight is 317 g/mol. The minimum Gasteiger partial charge on any atom is -0.335 e. The van der Waals surface area contributed by atoms with E-state index in [1.807, 2.05) is 13.8 Å². The Morgan fingerprint density at radius 1 is 1.00 bits per heavy atom. The topological polar surface area (TPSA) is 70.2 Å². The molecule has 3 amide bonds. The third-order valence-corrected chi connectivity index (χ3v) is 3.96. The van der Waals surface area contributed by atoms with Crippen molar-refractivity contribution < 1.29 is 9.59 Å². The van der Waals surface area contributed by atoms with Crippen LogP contribution in [0.5, 0.6) is 0 Å². The van der Waals surface area contributed by atoms with Crippen molar-refractivity contribution >= 4 is 23.3 Å². The molecule has 1 fully saturated rings. The number of rotatable bonds is 5. The number of anilines is 2. The molecule has 1 aliphatic carbocycles. The first-order chi connectivity index (χ1) is 11.0. The molecule has 0 aliphatic heterocycles. The zero-order valence-corrected chi connectivity index (χ0v) is 14.0. The van der Waals surface area contributed by atoms with Gasteiger partial charge in [-0.05, 0) is 43.0 Å². The van der Waals surface area contributed by atoms with Gasteiger partial charge >= 0.3 is 6.03 Å². The Balaban J connectivity index is 1.79. The Kier molecular flexibility index (Phi) is 6.44. The highest BCUT2D eigenvalue weighted by atomic mass is 16.2. The highest BCUT2D eigenvalue weighted by molar-refractivity contribution is 5.92. The van der Waals surface area contributed by atoms with E-state index in [2.05, 4.69) is 16.0 Å². The number of carbonyl (C=O) groups is 2. The van der Waals surface area contributed by atoms with Gasteiger partial charge < -0.3 is 16.0 Å². The molecule has 0 heterocycles. The van der Waals surface area contributed by atoms with Gasteiger partial charge in [-0.2, -0.15) is 0 Å². The number of nitrogens with one attached hydrogen (secondary N) is 3. The average Bonchev–Trinajstić information content (AvgIpc) is 2.49. The van der Waals surface area contributed by atoms with Gasteiger partial charge in [0.25, 0.3) is 0 Å². The maximum atomic E-state index is 12.0. The molecule has 3 N–H and O–H groups in total. The van der Waals surface area contributed by atoms with Crippen molar-refractivity contribution in [3.63, 3.8) is 0 Å². The van der Waals surface area contributed by atoms with E-state index in [4.69, 9.17) is 0 Å². The monoisotopic (exact) mass is 317 g/mol. The van der Waals surface area contributed by atoms with Gasteiger partial charge in [-0.1, -0.05) is 33.1 Å². The van der Waals surface area contributed by atoms with Crippen LogP contribution in [0.2, 0.25) is 0 Å². The van der Waals surface area contributed by atoms with E-state index < -0.39 is 0 Å². The predicted octanol–water partition coefficient (Wildman–Crippen LogP) is 4.13. The van der Waals surface area contributed by atoms with Crippen LogP contribution in [0.25, 0.3) is 0 Å². The summed E-state index contributed by atoms with van der Waals surface area (Å²) in [5, 5.41) is 8.71. The standard InChI is InChI=1S/C18H27N3O2/c1-13(2)12-17(22)19-15-8-10-16(11-9-15)21-18(23)20-14-6-4-3-5-7-14/h8-11,13-14H,3-7,12H2,1-2H3,(H,19,22)(H2,20,21,23). The zero-order valence-electron chi connectivity index (χ0n) is 14.0. The molecule has 126 valence electrons. The fourth-order valence-corrected chi connectivity index (χ4v) is 2.82. The molecule has 0 unspecified atom stereocenters. The summed E-state index contributed by atoms with van der Waals surface area (Å²) in [5.41, 5.74) is 1.47. The molecule has 0 saturated heterocycles. The maximum Gasteiger partial charge on any atom is 0.319 e. The van der Waals surface area contributed by atoms with E-state index in [1.54, 1.807) is 24.3 Å². The Morgan fingerprint density at radius 2 is 1.57 bits per heavy atom. The first-order valence-electron chi connectivity index (χ1n) is 8.50. The quantitative estimate of drug-likeness (QED) is 0.764. The summed E-state index contributed by atoms with van der Waals surface area (Å²) in [6, 6.07) is 7.33. The molecule has 1 aromatic carbocycles. The van der Waals surface area contributed by atoms with Crippen LogP contribution in [0, 0.1) is 5.92 Å². The van der Waals surface area contributed by atoms with Crippen LogP contribution >= 0.6 is 0 Å². The summed E-state index contributed by atoms with van der Waals surface area (Å²) in [7, 11) is 0. The van der Waals surface area contributed by atoms with E-state index >= 15 is 0 Å². The van der Waals surface area contributed by atoms with E-state index in [0.717, 1.165) is 24.2 Å². The van der Waals surface area contributed by atoms with Crippen molar-refractivity contribution in [2.75, 3.05) is 10.6 Å². The Hall–Kier alpha value is -2.04. The number of hydrogen-bond acceptors (Lipinski definition) is 2. The summed E-state index contributed by atoms with van der Waals surface area (Å²) in [4.78, 5) is 23.7. The minimum atomic E-state index is -0.159. The minimum absolute atomic E-state index is 0.00995. The summed E-state index contributed by atoms with van der Waals surface area (Å²) in [6.45, 7) is 4.02. The molecule has 5 nitrogen and oxygen atoms in total. The van der Waals surface area contributed by atoms with Gasteiger partial charge in [-0.15, -0.1) is 0 Å². The lowest BCUT2D eigenvalue weighted by Crippen LogP contribution is -2.38. The fraction of sp³-hybridized carbons (Fsp3) is 0.556. The van der Waals surface area contributed by atoms with Gasteiger partial charge in [0.05, 0.1) is 0 Å². The lowest BCUT2D eigenvalue weighted by molar-refractivity contribution is -0.116. The molecule has 0 aromatic heterocycles. The molecule has 0 atom stereocenters. The molecular formula is C18H27N3O2. The van der Waals surface area contributed by atoms with Gasteiger partial charge in [0.15, 0.2) is 0 Å². The number of hydrogen-bond donors (Lipinski definition) is 3. The van der Waals surface area contributed by atoms with Crippen molar-refractivity contribution in [2.45, 2.75) is 58.4 Å². The Bertz CT molecular complexity index is 520. The molecule has 5 heteroatoms. The van der Waals surface area contributed by atoms with E-state index in [1.165, 1.54) is 19.3 Å². The molecule has 1 aliphatic rings. The van der Waals surface area contributed by atoms with Gasteiger partial charge in [-0.3, -0.25) is 4.79 Å². The van der Waals surface area contributed by atoms with Crippen molar-refractivity contribution in [3.05, 3.63) is 24.3 Å². The molecular weight excluding hydrogens is 290 g/mol. The van der Waals surface area contributed by atoms with Crippen LogP contribution < -0.4 is 16.0 Å². The van der Waals surface area contributed by atoms with Gasteiger partial charge in [0.1, 0.15) is 0 Å². The molecule has 0 spiro atoms. The number of carbonyl (C=O) groups excluding carboxylic acids is 2. The summed E-state index contributed by atoms with van der Waals surface area (Å²) in [5.74, 6) is 0.343. The van der Waals surface area contributed by atoms with Crippen LogP contribution in [0.4, 0.5) is 16.2 Å². The molecule has 0 radical (unpaired) electrons. The summed E-state index contributed by atoms with van der Waals surface area (Å²) < 4.78 is 0. The third kappa shape index (κ3) is 6.30. The van der Waals surface area contributed by atoms with Gasteiger partial charge in [0.2, 0.25) is 5.91 Å². The van der Waals surface area contributed by atoms with Crippen LogP contribution in [-0.4, -0.2) is 18.0 Å². The van der Waals surface area contributed by atoms with Crippen LogP contribution in [0.3, 0.4) is 0 Å². The molecule has 1 aromatic rings. The lowest BCUT2D eigenvalue weighted by Gasteiger charge is -2.22. The lowest BCUT2D eigenvalue weighted by atomic mass is 9.96. The predicted molar refractivity (Wildman–Crippen MR) is 93.6 cm³/mol. The second-order valence-corrected chi connectivity index (χ2v) is 6.66. The second-order valence-electron chi connectivity index (χ2n) is 6.66. The van der Waals surface area contributed by atoms with E-state index in [-0.39, 0.29) is 11.9 Å². The smallest absolute Gasteiger partial charge is 0.319 e. The number of urea groups is 1. The van der Waals surface area contributed by atoms with E-state index in [9.17, 15) is 9.59 Å². The second kappa shape index (κ2) is 8.56. The van der Waals surface area contributed by atoms with Crippen LogP contribution in [0.1, 0.15) is 52.4 Å². The number of benzene rings is 1. The van der Waals surface area contributed by atoms with Crippen molar-refractivity contribution in [3.8, 4) is 0 Å². The molecule has 2 rings (SSSR count). The van der Waals surface area contributed by atoms with Gasteiger partial charge in [0, 0.05) is 23.8 Å². The molecule has 1 saturated carbocycles. The Labute approximate surface area is 138 Å². The van der Waals surface area contributed by atoms with Crippen molar-refractivity contribution in [1.82, 2.24) is 5.32 Å². The zero-order chi connectivity index (χ0) is 16.7. The van der Waals surface area contributed by atoms with Crippen molar-refractivity contribution in [2.24, 2.45) is 5.92 Å². The third-order valence-electron chi connectivity index (χ3n) is 3.96. The Morgan fingerprint density at radius 3 is 2.13 bits per heavy atom. The van der Waals surface area contributed by atoms with Gasteiger partial charge in [-0.25, -0.2) is 4.79 Å². The highest BCUT2D eigenvalue weighted by Crippen LogP contribution is 2.18. The maximum absolute atomic E-state index is 12.0. The largest absolute Gasteiger partial charge is 0.335 e. The summed E-state index contributed by atoms with van der Waals surface area (Å²) >= 11 is 0. The normalized spacial score (nSPS) is 15.3. The van der Waals surface area contributed by atoms with Crippen molar-refractivity contribution in [1.29, 1.82) is 0 Å². The number of amides is 3.